The Morgan fingerprint density at radius 1 is 1.29 bits per heavy atom. The summed E-state index contributed by atoms with van der Waals surface area (Å²) < 4.78 is 9.34. The molecule has 0 amide bonds. The number of hydrogen-bond acceptors (Lipinski definition) is 5. The summed E-state index contributed by atoms with van der Waals surface area (Å²) in [4.78, 5) is 4.52. The van der Waals surface area contributed by atoms with E-state index in [2.05, 4.69) is 31.4 Å². The van der Waals surface area contributed by atoms with Crippen molar-refractivity contribution >= 4 is 5.95 Å². The lowest BCUT2D eigenvalue weighted by Crippen LogP contribution is -2.11. The van der Waals surface area contributed by atoms with Gasteiger partial charge in [0.1, 0.15) is 0 Å². The molecule has 2 heterocycles. The Balaban J connectivity index is 1.76. The van der Waals surface area contributed by atoms with Crippen molar-refractivity contribution in [1.82, 2.24) is 24.5 Å². The first-order chi connectivity index (χ1) is 10.3. The largest absolute Gasteiger partial charge is 0.382 e. The molecule has 2 aromatic heterocycles. The molecular weight excluding hydrogens is 268 g/mol. The summed E-state index contributed by atoms with van der Waals surface area (Å²) in [5, 5.41) is 11.1. The molecule has 0 aliphatic heterocycles. The summed E-state index contributed by atoms with van der Waals surface area (Å²) in [7, 11) is 0. The molecule has 2 rings (SSSR count). The van der Waals surface area contributed by atoms with Crippen LogP contribution in [0.25, 0.3) is 0 Å². The molecule has 2 aromatic rings. The zero-order valence-corrected chi connectivity index (χ0v) is 12.8. The van der Waals surface area contributed by atoms with Crippen LogP contribution in [0.5, 0.6) is 0 Å². The van der Waals surface area contributed by atoms with Crippen LogP contribution in [0.4, 0.5) is 5.95 Å². The molecule has 1 N–H and O–H groups in total. The molecule has 0 fully saturated rings. The number of nitrogens with zero attached hydrogens (tertiary/aromatic N) is 5. The minimum absolute atomic E-state index is 0.774. The van der Waals surface area contributed by atoms with E-state index in [-0.39, 0.29) is 0 Å². The molecule has 21 heavy (non-hydrogen) atoms. The van der Waals surface area contributed by atoms with Crippen molar-refractivity contribution in [1.29, 1.82) is 0 Å². The van der Waals surface area contributed by atoms with Gasteiger partial charge in [-0.3, -0.25) is 4.68 Å². The summed E-state index contributed by atoms with van der Waals surface area (Å²) in [6.07, 6.45) is 7.64. The summed E-state index contributed by atoms with van der Waals surface area (Å²) in [6.45, 7) is 8.23. The highest BCUT2D eigenvalue weighted by atomic mass is 16.5. The van der Waals surface area contributed by atoms with Gasteiger partial charge in [0.15, 0.2) is 0 Å². The summed E-state index contributed by atoms with van der Waals surface area (Å²) in [6, 6.07) is 0. The van der Waals surface area contributed by atoms with Gasteiger partial charge in [0.25, 0.3) is 0 Å². The smallest absolute Gasteiger partial charge is 0.203 e. The first-order valence-electron chi connectivity index (χ1n) is 7.49. The molecule has 0 saturated carbocycles. The number of anilines is 1. The van der Waals surface area contributed by atoms with Crippen LogP contribution in [0.3, 0.4) is 0 Å². The second kappa shape index (κ2) is 8.41. The van der Waals surface area contributed by atoms with Gasteiger partial charge in [0.2, 0.25) is 5.95 Å². The highest BCUT2D eigenvalue weighted by Gasteiger charge is 2.05. The van der Waals surface area contributed by atoms with Crippen LogP contribution < -0.4 is 5.32 Å². The first kappa shape index (κ1) is 15.5. The summed E-state index contributed by atoms with van der Waals surface area (Å²) in [5.41, 5.74) is 1.03. The van der Waals surface area contributed by atoms with E-state index in [1.54, 1.807) is 6.20 Å². The van der Waals surface area contributed by atoms with Crippen LogP contribution in [-0.4, -0.2) is 44.3 Å². The van der Waals surface area contributed by atoms with Crippen LogP contribution in [0.2, 0.25) is 0 Å². The van der Waals surface area contributed by atoms with Crippen LogP contribution >= 0.6 is 0 Å². The second-order valence-corrected chi connectivity index (χ2v) is 4.90. The van der Waals surface area contributed by atoms with Gasteiger partial charge in [-0.25, -0.2) is 4.98 Å². The van der Waals surface area contributed by atoms with E-state index < -0.39 is 0 Å². The number of aromatic nitrogens is 5. The third-order valence-electron chi connectivity index (χ3n) is 3.11. The Bertz CT molecular complexity index is 508. The van der Waals surface area contributed by atoms with Crippen molar-refractivity contribution in [3.05, 3.63) is 24.3 Å². The Morgan fingerprint density at radius 3 is 2.95 bits per heavy atom. The number of rotatable bonds is 10. The Morgan fingerprint density at radius 2 is 2.19 bits per heavy atom. The van der Waals surface area contributed by atoms with Crippen LogP contribution in [0, 0.1) is 6.92 Å². The normalized spacial score (nSPS) is 11.0. The molecule has 7 heteroatoms. The fraction of sp³-hybridized carbons (Fsp3) is 0.643. The molecule has 0 radical (unpaired) electrons. The Kier molecular flexibility index (Phi) is 6.21. The van der Waals surface area contributed by atoms with E-state index in [1.165, 1.54) is 0 Å². The topological polar surface area (TPSA) is 69.8 Å². The van der Waals surface area contributed by atoms with E-state index in [9.17, 15) is 0 Å². The van der Waals surface area contributed by atoms with Crippen molar-refractivity contribution in [2.75, 3.05) is 25.1 Å². The second-order valence-electron chi connectivity index (χ2n) is 4.90. The van der Waals surface area contributed by atoms with Gasteiger partial charge in [0.05, 0.1) is 11.9 Å². The lowest BCUT2D eigenvalue weighted by Gasteiger charge is -2.09. The van der Waals surface area contributed by atoms with E-state index in [0.717, 1.165) is 57.3 Å². The summed E-state index contributed by atoms with van der Waals surface area (Å²) in [5.74, 6) is 0.933. The molecule has 0 aliphatic rings. The number of imidazole rings is 1. The monoisotopic (exact) mass is 292 g/mol. The fourth-order valence-corrected chi connectivity index (χ4v) is 2.13. The van der Waals surface area contributed by atoms with E-state index in [0.29, 0.717) is 0 Å². The standard InChI is InChI=1S/C14H24N6O/c1-3-21-11-4-6-15-14-17-13(2)12-19(14)8-5-9-20-10-7-16-18-20/h7,10,12H,3-6,8-9,11H2,1-2H3,(H,15,17). The first-order valence-corrected chi connectivity index (χ1v) is 7.49. The molecule has 0 aliphatic carbocycles. The maximum absolute atomic E-state index is 5.33. The van der Waals surface area contributed by atoms with Gasteiger partial charge in [-0.1, -0.05) is 5.21 Å². The van der Waals surface area contributed by atoms with Gasteiger partial charge in [0, 0.05) is 45.2 Å². The Hall–Kier alpha value is -1.89. The Labute approximate surface area is 125 Å². The highest BCUT2D eigenvalue weighted by Crippen LogP contribution is 2.09. The van der Waals surface area contributed by atoms with Crippen LogP contribution in [0.15, 0.2) is 18.6 Å². The van der Waals surface area contributed by atoms with E-state index >= 15 is 0 Å². The predicted molar refractivity (Wildman–Crippen MR) is 81.2 cm³/mol. The molecule has 0 unspecified atom stereocenters. The molecular formula is C14H24N6O. The zero-order valence-electron chi connectivity index (χ0n) is 12.8. The molecule has 0 bridgehead atoms. The molecule has 7 nitrogen and oxygen atoms in total. The SMILES string of the molecule is CCOCCCNc1nc(C)cn1CCCn1ccnn1. The number of nitrogens with one attached hydrogen (secondary N) is 1. The fourth-order valence-electron chi connectivity index (χ4n) is 2.13. The van der Waals surface area contributed by atoms with E-state index in [4.69, 9.17) is 4.74 Å². The average Bonchev–Trinajstić information content (AvgIpc) is 3.09. The van der Waals surface area contributed by atoms with Gasteiger partial charge < -0.3 is 14.6 Å². The van der Waals surface area contributed by atoms with E-state index in [1.807, 2.05) is 24.7 Å². The van der Waals surface area contributed by atoms with Crippen LogP contribution in [-0.2, 0) is 17.8 Å². The van der Waals surface area contributed by atoms with Crippen molar-refractivity contribution < 1.29 is 4.74 Å². The van der Waals surface area contributed by atoms with Crippen molar-refractivity contribution in [3.63, 3.8) is 0 Å². The summed E-state index contributed by atoms with van der Waals surface area (Å²) >= 11 is 0. The maximum Gasteiger partial charge on any atom is 0.203 e. The third-order valence-corrected chi connectivity index (χ3v) is 3.11. The minimum atomic E-state index is 0.774. The third kappa shape index (κ3) is 5.18. The molecule has 0 spiro atoms. The molecule has 0 atom stereocenters. The van der Waals surface area contributed by atoms with Crippen molar-refractivity contribution in [3.8, 4) is 0 Å². The average molecular weight is 292 g/mol. The van der Waals surface area contributed by atoms with Gasteiger partial charge in [-0.05, 0) is 26.7 Å². The number of aryl methyl sites for hydroxylation is 3. The lowest BCUT2D eigenvalue weighted by molar-refractivity contribution is 0.147. The number of ether oxygens (including phenoxy) is 1. The zero-order chi connectivity index (χ0) is 14.9. The molecule has 0 aromatic carbocycles. The molecule has 0 saturated heterocycles. The lowest BCUT2D eigenvalue weighted by atomic mass is 10.4. The van der Waals surface area contributed by atoms with Crippen molar-refractivity contribution in [2.24, 2.45) is 0 Å². The number of hydrogen-bond donors (Lipinski definition) is 1. The minimum Gasteiger partial charge on any atom is -0.382 e. The quantitative estimate of drug-likeness (QED) is 0.675. The van der Waals surface area contributed by atoms with Crippen molar-refractivity contribution in [2.45, 2.75) is 39.8 Å². The van der Waals surface area contributed by atoms with Crippen LogP contribution in [0.1, 0.15) is 25.5 Å². The maximum atomic E-state index is 5.33. The van der Waals surface area contributed by atoms with Gasteiger partial charge in [-0.15, -0.1) is 5.10 Å². The van der Waals surface area contributed by atoms with Gasteiger partial charge >= 0.3 is 0 Å². The highest BCUT2D eigenvalue weighted by molar-refractivity contribution is 5.28. The molecule has 116 valence electrons. The predicted octanol–water partition coefficient (Wildman–Crippen LogP) is 1.71. The van der Waals surface area contributed by atoms with Gasteiger partial charge in [-0.2, -0.15) is 0 Å².